The van der Waals surface area contributed by atoms with Crippen LogP contribution in [0.25, 0.3) is 33.7 Å². The Morgan fingerprint density at radius 1 is 1.00 bits per heavy atom. The molecule has 0 bridgehead atoms. The third-order valence-corrected chi connectivity index (χ3v) is 5.11. The zero-order valence-corrected chi connectivity index (χ0v) is 19.2. The lowest BCUT2D eigenvalue weighted by Gasteiger charge is -2.11. The Morgan fingerprint density at radius 3 is 2.15 bits per heavy atom. The maximum Gasteiger partial charge on any atom is 0.253 e. The number of amides is 1. The van der Waals surface area contributed by atoms with Gasteiger partial charge in [0.2, 0.25) is 0 Å². The van der Waals surface area contributed by atoms with E-state index in [9.17, 15) is 13.6 Å². The molecule has 5 nitrogen and oxygen atoms in total. The Labute approximate surface area is 197 Å². The summed E-state index contributed by atoms with van der Waals surface area (Å²) in [6, 6.07) is 13.3. The molecule has 0 fully saturated rings. The van der Waals surface area contributed by atoms with Gasteiger partial charge in [0.25, 0.3) is 5.91 Å². The smallest absolute Gasteiger partial charge is 0.253 e. The van der Waals surface area contributed by atoms with Crippen molar-refractivity contribution in [2.45, 2.75) is 11.8 Å². The molecule has 0 aliphatic carbocycles. The number of hydrogen-bond acceptors (Lipinski definition) is 4. The predicted octanol–water partition coefficient (Wildman–Crippen LogP) is 5.71. The molecule has 0 radical (unpaired) electrons. The van der Waals surface area contributed by atoms with Gasteiger partial charge in [-0.25, -0.2) is 23.7 Å². The van der Waals surface area contributed by atoms with Crippen molar-refractivity contribution < 1.29 is 13.6 Å². The quantitative estimate of drug-likeness (QED) is 0.267. The van der Waals surface area contributed by atoms with Crippen LogP contribution >= 0.6 is 15.9 Å². The highest BCUT2D eigenvalue weighted by molar-refractivity contribution is 9.09. The molecule has 166 valence electrons. The molecule has 0 aliphatic heterocycles. The molecule has 1 unspecified atom stereocenters. The minimum Gasteiger partial charge on any atom is -0.349 e. The zero-order chi connectivity index (χ0) is 23.4. The molecule has 8 heteroatoms. The fourth-order valence-electron chi connectivity index (χ4n) is 3.20. The molecule has 4 aromatic rings. The number of nitrogens with one attached hydrogen (secondary N) is 1. The van der Waals surface area contributed by atoms with Crippen LogP contribution in [0.4, 0.5) is 8.78 Å². The number of halogens is 3. The number of aromatic nitrogens is 3. The minimum atomic E-state index is -0.375. The Morgan fingerprint density at radius 2 is 1.58 bits per heavy atom. The van der Waals surface area contributed by atoms with Gasteiger partial charge in [-0.2, -0.15) is 0 Å². The fourth-order valence-corrected chi connectivity index (χ4v) is 3.41. The summed E-state index contributed by atoms with van der Waals surface area (Å²) in [4.78, 5) is 26.4. The van der Waals surface area contributed by atoms with E-state index in [4.69, 9.17) is 4.98 Å². The number of fused-ring (bicyclic) bond motifs is 1. The summed E-state index contributed by atoms with van der Waals surface area (Å²) >= 11 is 3.41. The lowest BCUT2D eigenvalue weighted by atomic mass is 10.0. The van der Waals surface area contributed by atoms with Crippen molar-refractivity contribution in [3.63, 3.8) is 0 Å². The second-order valence-corrected chi connectivity index (χ2v) is 8.76. The van der Waals surface area contributed by atoms with Gasteiger partial charge in [-0.1, -0.05) is 28.1 Å². The van der Waals surface area contributed by atoms with Gasteiger partial charge in [-0.05, 0) is 61.5 Å². The van der Waals surface area contributed by atoms with Crippen LogP contribution in [-0.2, 0) is 0 Å². The molecule has 1 atom stereocenters. The molecule has 1 N–H and O–H groups in total. The number of alkyl halides is 1. The van der Waals surface area contributed by atoms with Crippen molar-refractivity contribution in [1.29, 1.82) is 0 Å². The lowest BCUT2D eigenvalue weighted by molar-refractivity contribution is 0.0957. The monoisotopic (exact) mass is 508 g/mol. The van der Waals surface area contributed by atoms with Crippen LogP contribution in [0.1, 0.15) is 17.3 Å². The van der Waals surface area contributed by atoms with Crippen molar-refractivity contribution >= 4 is 33.0 Å². The topological polar surface area (TPSA) is 67.8 Å². The molecule has 4 rings (SSSR count). The number of nitrogens with zero attached hydrogens (tertiary/aromatic N) is 3. The number of hydrogen-bond donors (Lipinski definition) is 1. The maximum atomic E-state index is 13.5. The largest absolute Gasteiger partial charge is 0.349 e. The van der Waals surface area contributed by atoms with Crippen LogP contribution in [0.5, 0.6) is 0 Å². The number of rotatable bonds is 6. The van der Waals surface area contributed by atoms with E-state index in [0.717, 1.165) is 0 Å². The summed E-state index contributed by atoms with van der Waals surface area (Å²) in [6.07, 6.45) is 5.22. The van der Waals surface area contributed by atoms with E-state index in [1.54, 1.807) is 30.3 Å². The summed E-state index contributed by atoms with van der Waals surface area (Å²) in [6.45, 7) is 2.35. The van der Waals surface area contributed by atoms with E-state index in [1.807, 2.05) is 19.1 Å². The van der Waals surface area contributed by atoms with Gasteiger partial charge < -0.3 is 5.32 Å². The summed E-state index contributed by atoms with van der Waals surface area (Å²) in [5.74, 6) is -1.03. The number of pyridine rings is 1. The van der Waals surface area contributed by atoms with E-state index >= 15 is 0 Å². The molecule has 0 aliphatic rings. The average molecular weight is 509 g/mol. The van der Waals surface area contributed by atoms with Crippen LogP contribution in [0.2, 0.25) is 0 Å². The van der Waals surface area contributed by atoms with Crippen molar-refractivity contribution in [1.82, 2.24) is 20.3 Å². The highest BCUT2D eigenvalue weighted by atomic mass is 79.9. The van der Waals surface area contributed by atoms with Gasteiger partial charge in [-0.3, -0.25) is 4.79 Å². The van der Waals surface area contributed by atoms with Crippen molar-refractivity contribution in [3.05, 3.63) is 90.1 Å². The Bertz CT molecular complexity index is 1320. The zero-order valence-electron chi connectivity index (χ0n) is 17.6. The van der Waals surface area contributed by atoms with E-state index in [1.165, 1.54) is 30.5 Å². The number of carbonyl (C=O) groups is 1. The molecule has 2 aromatic carbocycles. The van der Waals surface area contributed by atoms with Crippen LogP contribution in [0.15, 0.2) is 72.9 Å². The van der Waals surface area contributed by atoms with Gasteiger partial charge in [-0.15, -0.1) is 0 Å². The van der Waals surface area contributed by atoms with Crippen molar-refractivity contribution in [3.8, 4) is 22.5 Å². The molecular formula is C25H19BrF2N4O. The third-order valence-electron chi connectivity index (χ3n) is 4.80. The Kier molecular flexibility index (Phi) is 6.84. The Hall–Kier alpha value is -3.52. The van der Waals surface area contributed by atoms with Crippen LogP contribution in [0.3, 0.4) is 0 Å². The molecular weight excluding hydrogens is 490 g/mol. The first-order valence-electron chi connectivity index (χ1n) is 10.2. The standard InChI is InChI=1S/C25H19BrF2N4O/c1-15(26)3-2-12-29-25(33)18-13-21-24(30-14-18)32-23(17-6-10-20(28)11-7-17)22(31-21)16-4-8-19(27)9-5-16/h2-11,13-15H,12H2,1H3,(H,29,33)/b3-2+. The molecule has 0 saturated heterocycles. The van der Waals surface area contributed by atoms with Gasteiger partial charge in [0.15, 0.2) is 5.65 Å². The summed E-state index contributed by atoms with van der Waals surface area (Å²) in [5, 5.41) is 2.80. The van der Waals surface area contributed by atoms with Crippen molar-refractivity contribution in [2.24, 2.45) is 0 Å². The second kappa shape index (κ2) is 9.95. The van der Waals surface area contributed by atoms with Gasteiger partial charge in [0, 0.05) is 28.7 Å². The Balaban J connectivity index is 1.76. The molecule has 2 aromatic heterocycles. The maximum absolute atomic E-state index is 13.5. The normalized spacial score (nSPS) is 12.2. The summed E-state index contributed by atoms with van der Waals surface area (Å²) in [7, 11) is 0. The molecule has 1 amide bonds. The molecule has 33 heavy (non-hydrogen) atoms. The average Bonchev–Trinajstić information content (AvgIpc) is 2.81. The van der Waals surface area contributed by atoms with Crippen LogP contribution < -0.4 is 5.32 Å². The van der Waals surface area contributed by atoms with Gasteiger partial charge in [0.05, 0.1) is 17.0 Å². The summed E-state index contributed by atoms with van der Waals surface area (Å²) in [5.41, 5.74) is 3.32. The highest BCUT2D eigenvalue weighted by Crippen LogP contribution is 2.31. The first-order valence-corrected chi connectivity index (χ1v) is 11.1. The van der Waals surface area contributed by atoms with E-state index in [0.29, 0.717) is 45.8 Å². The second-order valence-electron chi connectivity index (χ2n) is 7.32. The first-order chi connectivity index (χ1) is 15.9. The van der Waals surface area contributed by atoms with Crippen LogP contribution in [-0.4, -0.2) is 32.2 Å². The molecule has 0 saturated carbocycles. The molecule has 0 spiro atoms. The lowest BCUT2D eigenvalue weighted by Crippen LogP contribution is -2.23. The fraction of sp³-hybridized carbons (Fsp3) is 0.120. The van der Waals surface area contributed by atoms with Crippen molar-refractivity contribution in [2.75, 3.05) is 6.54 Å². The van der Waals surface area contributed by atoms with E-state index < -0.39 is 0 Å². The third kappa shape index (κ3) is 5.46. The SMILES string of the molecule is CC(Br)/C=C/CNC(=O)c1cnc2nc(-c3ccc(F)cc3)c(-c3ccc(F)cc3)nc2c1. The van der Waals surface area contributed by atoms with Gasteiger partial charge >= 0.3 is 0 Å². The number of allylic oxidation sites excluding steroid dienone is 1. The van der Waals surface area contributed by atoms with Gasteiger partial charge in [0.1, 0.15) is 17.2 Å². The summed E-state index contributed by atoms with van der Waals surface area (Å²) < 4.78 is 27.0. The first kappa shape index (κ1) is 22.7. The number of benzene rings is 2. The number of carbonyl (C=O) groups excluding carboxylic acids is 1. The predicted molar refractivity (Wildman–Crippen MR) is 128 cm³/mol. The highest BCUT2D eigenvalue weighted by Gasteiger charge is 2.16. The molecule has 2 heterocycles. The van der Waals surface area contributed by atoms with E-state index in [2.05, 4.69) is 31.2 Å². The minimum absolute atomic E-state index is 0.215. The van der Waals surface area contributed by atoms with E-state index in [-0.39, 0.29) is 22.4 Å². The van der Waals surface area contributed by atoms with Crippen LogP contribution in [0, 0.1) is 11.6 Å².